The van der Waals surface area contributed by atoms with E-state index in [2.05, 4.69) is 10.4 Å². The first-order chi connectivity index (χ1) is 5.29. The van der Waals surface area contributed by atoms with Crippen LogP contribution in [0, 0.1) is 0 Å². The van der Waals surface area contributed by atoms with Crippen LogP contribution in [0.25, 0.3) is 0 Å². The van der Waals surface area contributed by atoms with Crippen LogP contribution in [0.2, 0.25) is 0 Å². The summed E-state index contributed by atoms with van der Waals surface area (Å²) in [6.07, 6.45) is 1.49. The van der Waals surface area contributed by atoms with Gasteiger partial charge in [-0.3, -0.25) is 4.79 Å². The topological polar surface area (TPSA) is 56.2 Å². The molecule has 0 atom stereocenters. The lowest BCUT2D eigenvalue weighted by molar-refractivity contribution is 0.0864. The lowest BCUT2D eigenvalue weighted by atomic mass is 10.4. The van der Waals surface area contributed by atoms with Crippen LogP contribution in [-0.2, 0) is 0 Å². The smallest absolute Gasteiger partial charge is 0.273 e. The summed E-state index contributed by atoms with van der Waals surface area (Å²) in [5.74, 6) is -0.218. The van der Waals surface area contributed by atoms with Gasteiger partial charge in [0.2, 0.25) is 0 Å². The largest absolute Gasteiger partial charge is 0.399 e. The van der Waals surface area contributed by atoms with Crippen molar-refractivity contribution in [2.75, 3.05) is 14.2 Å². The van der Waals surface area contributed by atoms with Crippen molar-refractivity contribution in [1.82, 2.24) is 15.3 Å². The molecule has 60 valence electrons. The lowest BCUT2D eigenvalue weighted by Gasteiger charge is -2.01. The molecule has 0 aromatic carbocycles. The predicted molar refractivity (Wildman–Crippen MR) is 38.1 cm³/mol. The third kappa shape index (κ3) is 1.31. The number of hydrogen-bond donors (Lipinski definition) is 1. The van der Waals surface area contributed by atoms with Crippen LogP contribution in [-0.4, -0.2) is 30.0 Å². The molecule has 1 aromatic heterocycles. The lowest BCUT2D eigenvalue weighted by Crippen LogP contribution is -2.24. The Labute approximate surface area is 63.9 Å². The van der Waals surface area contributed by atoms with Crippen molar-refractivity contribution in [2.24, 2.45) is 0 Å². The van der Waals surface area contributed by atoms with Crippen molar-refractivity contribution in [3.8, 4) is 0 Å². The monoisotopic (exact) mass is 155 g/mol. The average molecular weight is 155 g/mol. The standard InChI is InChI=1S/C6H9N3O2/c1-7-6(10)5-3-4-8-9(5)11-2/h3-4H,1-2H3,(H,7,10). The Morgan fingerprint density at radius 2 is 2.55 bits per heavy atom. The summed E-state index contributed by atoms with van der Waals surface area (Å²) in [5, 5.41) is 6.20. The van der Waals surface area contributed by atoms with Gasteiger partial charge in [0.15, 0.2) is 5.69 Å². The number of aromatic nitrogens is 2. The van der Waals surface area contributed by atoms with Gasteiger partial charge in [-0.15, -0.1) is 5.10 Å². The SMILES string of the molecule is CNC(=O)c1ccnn1OC. The fourth-order valence-electron chi connectivity index (χ4n) is 0.727. The molecule has 1 N–H and O–H groups in total. The number of rotatable bonds is 2. The molecule has 0 fully saturated rings. The molecule has 1 amide bonds. The molecule has 1 aromatic rings. The Bertz CT molecular complexity index is 256. The van der Waals surface area contributed by atoms with Crippen molar-refractivity contribution in [3.63, 3.8) is 0 Å². The van der Waals surface area contributed by atoms with E-state index in [1.807, 2.05) is 0 Å². The van der Waals surface area contributed by atoms with Gasteiger partial charge < -0.3 is 10.2 Å². The molecule has 0 unspecified atom stereocenters. The highest BCUT2D eigenvalue weighted by Gasteiger charge is 2.09. The Morgan fingerprint density at radius 1 is 1.82 bits per heavy atom. The highest BCUT2D eigenvalue weighted by molar-refractivity contribution is 5.92. The first-order valence-corrected chi connectivity index (χ1v) is 3.10. The minimum absolute atomic E-state index is 0.218. The molecule has 0 radical (unpaired) electrons. The highest BCUT2D eigenvalue weighted by Crippen LogP contribution is 1.94. The number of hydrogen-bond acceptors (Lipinski definition) is 3. The van der Waals surface area contributed by atoms with E-state index in [0.717, 1.165) is 4.85 Å². The summed E-state index contributed by atoms with van der Waals surface area (Å²) in [4.78, 5) is 16.9. The van der Waals surface area contributed by atoms with Crippen LogP contribution in [0.4, 0.5) is 0 Å². The van der Waals surface area contributed by atoms with E-state index < -0.39 is 0 Å². The molecule has 5 heteroatoms. The first-order valence-electron chi connectivity index (χ1n) is 3.10. The number of nitrogens with zero attached hydrogens (tertiary/aromatic N) is 2. The van der Waals surface area contributed by atoms with Gasteiger partial charge in [-0.1, -0.05) is 4.85 Å². The van der Waals surface area contributed by atoms with Crippen LogP contribution in [0.1, 0.15) is 10.5 Å². The number of nitrogens with one attached hydrogen (secondary N) is 1. The molecule has 0 saturated carbocycles. The normalized spacial score (nSPS) is 9.27. The summed E-state index contributed by atoms with van der Waals surface area (Å²) in [6.45, 7) is 0. The Kier molecular flexibility index (Phi) is 2.10. The summed E-state index contributed by atoms with van der Waals surface area (Å²) < 4.78 is 0. The molecular weight excluding hydrogens is 146 g/mol. The van der Waals surface area contributed by atoms with Crippen molar-refractivity contribution in [2.45, 2.75) is 0 Å². The molecule has 11 heavy (non-hydrogen) atoms. The van der Waals surface area contributed by atoms with Crippen molar-refractivity contribution < 1.29 is 9.63 Å². The molecule has 0 bridgehead atoms. The maximum atomic E-state index is 11.0. The van der Waals surface area contributed by atoms with E-state index in [-0.39, 0.29) is 5.91 Å². The second-order valence-electron chi connectivity index (χ2n) is 1.85. The predicted octanol–water partition coefficient (Wildman–Crippen LogP) is -0.699. The first kappa shape index (κ1) is 7.59. The fraction of sp³-hybridized carbons (Fsp3) is 0.333. The second-order valence-corrected chi connectivity index (χ2v) is 1.85. The zero-order chi connectivity index (χ0) is 8.27. The van der Waals surface area contributed by atoms with Crippen LogP contribution in [0.5, 0.6) is 0 Å². The van der Waals surface area contributed by atoms with Crippen molar-refractivity contribution in [3.05, 3.63) is 18.0 Å². The summed E-state index contributed by atoms with van der Waals surface area (Å²) >= 11 is 0. The maximum Gasteiger partial charge on any atom is 0.273 e. The number of carbonyl (C=O) groups is 1. The van der Waals surface area contributed by atoms with Gasteiger partial charge in [-0.25, -0.2) is 0 Å². The molecule has 1 rings (SSSR count). The zero-order valence-corrected chi connectivity index (χ0v) is 6.37. The van der Waals surface area contributed by atoms with Gasteiger partial charge in [-0.2, -0.15) is 0 Å². The van der Waals surface area contributed by atoms with Gasteiger partial charge in [0.1, 0.15) is 7.11 Å². The van der Waals surface area contributed by atoms with E-state index in [0.29, 0.717) is 5.69 Å². The Morgan fingerprint density at radius 3 is 3.09 bits per heavy atom. The maximum absolute atomic E-state index is 11.0. The molecule has 0 aliphatic heterocycles. The molecule has 0 aliphatic carbocycles. The zero-order valence-electron chi connectivity index (χ0n) is 6.37. The van der Waals surface area contributed by atoms with Crippen molar-refractivity contribution >= 4 is 5.91 Å². The summed E-state index contributed by atoms with van der Waals surface area (Å²) in [7, 11) is 2.99. The fourth-order valence-corrected chi connectivity index (χ4v) is 0.727. The average Bonchev–Trinajstić information content (AvgIpc) is 2.50. The van der Waals surface area contributed by atoms with Gasteiger partial charge in [-0.05, 0) is 6.07 Å². The molecule has 0 spiro atoms. The quantitative estimate of drug-likeness (QED) is 0.614. The van der Waals surface area contributed by atoms with E-state index in [9.17, 15) is 4.79 Å². The highest BCUT2D eigenvalue weighted by atomic mass is 16.7. The molecule has 0 saturated heterocycles. The van der Waals surface area contributed by atoms with E-state index in [1.165, 1.54) is 13.3 Å². The van der Waals surface area contributed by atoms with E-state index >= 15 is 0 Å². The van der Waals surface area contributed by atoms with Crippen LogP contribution in [0.3, 0.4) is 0 Å². The van der Waals surface area contributed by atoms with Gasteiger partial charge in [0.05, 0.1) is 6.20 Å². The second kappa shape index (κ2) is 3.05. The van der Waals surface area contributed by atoms with Gasteiger partial charge >= 0.3 is 0 Å². The van der Waals surface area contributed by atoms with E-state index in [4.69, 9.17) is 4.84 Å². The van der Waals surface area contributed by atoms with Crippen LogP contribution < -0.4 is 10.2 Å². The molecule has 1 heterocycles. The van der Waals surface area contributed by atoms with Crippen molar-refractivity contribution in [1.29, 1.82) is 0 Å². The summed E-state index contributed by atoms with van der Waals surface area (Å²) in [5.41, 5.74) is 0.384. The van der Waals surface area contributed by atoms with Crippen LogP contribution in [0.15, 0.2) is 12.3 Å². The third-order valence-corrected chi connectivity index (χ3v) is 1.24. The Hall–Kier alpha value is -1.52. The number of amides is 1. The molecule has 5 nitrogen and oxygen atoms in total. The van der Waals surface area contributed by atoms with Crippen LogP contribution >= 0.6 is 0 Å². The third-order valence-electron chi connectivity index (χ3n) is 1.24. The van der Waals surface area contributed by atoms with Gasteiger partial charge in [0, 0.05) is 7.05 Å². The van der Waals surface area contributed by atoms with E-state index in [1.54, 1.807) is 13.1 Å². The Balaban J connectivity index is 2.92. The van der Waals surface area contributed by atoms with Gasteiger partial charge in [0.25, 0.3) is 5.91 Å². The minimum Gasteiger partial charge on any atom is -0.399 e. The number of carbonyl (C=O) groups excluding carboxylic acids is 1. The summed E-state index contributed by atoms with van der Waals surface area (Å²) in [6, 6.07) is 1.57. The molecule has 0 aliphatic rings. The minimum atomic E-state index is -0.218. The molecular formula is C6H9N3O2.